The summed E-state index contributed by atoms with van der Waals surface area (Å²) in [4.78, 5) is 64.6. The minimum atomic E-state index is -1.37. The molecule has 6 atom stereocenters. The van der Waals surface area contributed by atoms with Gasteiger partial charge in [0.15, 0.2) is 11.8 Å². The molecule has 2 rings (SSSR count). The molecule has 1 unspecified atom stereocenters. The number of carbonyl (C=O) groups is 5. The number of benzene rings is 1. The number of Topliss-reactive ketones (excluding diaryl/α,β-unsaturated/α-hetero) is 1. The van der Waals surface area contributed by atoms with Crippen molar-refractivity contribution in [3.8, 4) is 5.75 Å². The van der Waals surface area contributed by atoms with Gasteiger partial charge >= 0.3 is 11.9 Å². The van der Waals surface area contributed by atoms with Crippen LogP contribution in [0.1, 0.15) is 110 Å². The first-order valence-electron chi connectivity index (χ1n) is 15.2. The standard InChI is InChI=1S/C32H48N2O8/c1-7-9-10-11-13-24-26(18-23(36)17-16-19(3)8-2)20(4)41-32(40)28(21(5)42-31(24)39)34-30(38)25-14-12-15-27(29(25)37)33-22(6)35/h12,14-15,19-21,24,26,28,37H,7-11,13,16-18H2,1-6H3,(H,33,35)(H,34,38)/t19?,20-,21+,24+,26-,28-/m0/s1. The Kier molecular flexibility index (Phi) is 14.0. The number of phenols is 1. The summed E-state index contributed by atoms with van der Waals surface area (Å²) in [5, 5.41) is 15.5. The molecule has 0 bridgehead atoms. The third-order valence-corrected chi connectivity index (χ3v) is 8.07. The van der Waals surface area contributed by atoms with E-state index in [0.717, 1.165) is 38.5 Å². The molecule has 0 saturated carbocycles. The van der Waals surface area contributed by atoms with E-state index in [-0.39, 0.29) is 23.5 Å². The lowest BCUT2D eigenvalue weighted by molar-refractivity contribution is -0.157. The molecule has 1 heterocycles. The summed E-state index contributed by atoms with van der Waals surface area (Å²) < 4.78 is 11.6. The van der Waals surface area contributed by atoms with Crippen molar-refractivity contribution in [2.24, 2.45) is 17.8 Å². The zero-order valence-corrected chi connectivity index (χ0v) is 25.9. The zero-order valence-electron chi connectivity index (χ0n) is 25.9. The van der Waals surface area contributed by atoms with E-state index in [1.165, 1.54) is 32.0 Å². The average Bonchev–Trinajstić information content (AvgIpc) is 2.96. The molecule has 0 spiro atoms. The van der Waals surface area contributed by atoms with Gasteiger partial charge in [-0.25, -0.2) is 4.79 Å². The molecule has 10 nitrogen and oxygen atoms in total. The van der Waals surface area contributed by atoms with Gasteiger partial charge in [-0.1, -0.05) is 58.9 Å². The van der Waals surface area contributed by atoms with Crippen molar-refractivity contribution in [1.29, 1.82) is 0 Å². The van der Waals surface area contributed by atoms with Gasteiger partial charge in [0.1, 0.15) is 18.0 Å². The summed E-state index contributed by atoms with van der Waals surface area (Å²) in [5.74, 6) is -3.85. The summed E-state index contributed by atoms with van der Waals surface area (Å²) >= 11 is 0. The number of phenolic OH excluding ortho intramolecular Hbond substituents is 1. The average molecular weight is 589 g/mol. The number of ether oxygens (including phenoxy) is 2. The number of ketones is 1. The van der Waals surface area contributed by atoms with Gasteiger partial charge < -0.3 is 25.2 Å². The third-order valence-electron chi connectivity index (χ3n) is 8.07. The number of nitrogens with one attached hydrogen (secondary N) is 2. The summed E-state index contributed by atoms with van der Waals surface area (Å²) in [7, 11) is 0. The van der Waals surface area contributed by atoms with Gasteiger partial charge in [-0.2, -0.15) is 0 Å². The Hall–Kier alpha value is -3.43. The largest absolute Gasteiger partial charge is 0.505 e. The predicted molar refractivity (Wildman–Crippen MR) is 159 cm³/mol. The second kappa shape index (κ2) is 16.9. The molecule has 1 fully saturated rings. The fourth-order valence-electron chi connectivity index (χ4n) is 5.20. The normalized spacial score (nSPS) is 23.4. The van der Waals surface area contributed by atoms with Crippen molar-refractivity contribution < 1.29 is 38.6 Å². The number of hydrogen-bond donors (Lipinski definition) is 3. The molecule has 1 aromatic rings. The van der Waals surface area contributed by atoms with Crippen LogP contribution in [0.3, 0.4) is 0 Å². The van der Waals surface area contributed by atoms with Gasteiger partial charge in [0.05, 0.1) is 17.2 Å². The van der Waals surface area contributed by atoms with Crippen molar-refractivity contribution in [1.82, 2.24) is 5.32 Å². The molecule has 1 saturated heterocycles. The lowest BCUT2D eigenvalue weighted by Gasteiger charge is -2.29. The van der Waals surface area contributed by atoms with Crippen LogP contribution in [0.2, 0.25) is 0 Å². The molecule has 1 aliphatic heterocycles. The first-order valence-corrected chi connectivity index (χ1v) is 15.2. The molecular weight excluding hydrogens is 540 g/mol. The fraction of sp³-hybridized carbons (Fsp3) is 0.656. The van der Waals surface area contributed by atoms with Crippen LogP contribution < -0.4 is 10.6 Å². The molecule has 234 valence electrons. The quantitative estimate of drug-likeness (QED) is 0.150. The van der Waals surface area contributed by atoms with E-state index in [4.69, 9.17) is 9.47 Å². The molecule has 10 heteroatoms. The van der Waals surface area contributed by atoms with Crippen molar-refractivity contribution in [2.45, 2.75) is 118 Å². The Morgan fingerprint density at radius 1 is 1.00 bits per heavy atom. The van der Waals surface area contributed by atoms with Crippen molar-refractivity contribution in [3.63, 3.8) is 0 Å². The van der Waals surface area contributed by atoms with Gasteiger partial charge in [0.25, 0.3) is 5.91 Å². The number of aromatic hydroxyl groups is 1. The van der Waals surface area contributed by atoms with Crippen molar-refractivity contribution in [2.75, 3.05) is 5.32 Å². The second-order valence-electron chi connectivity index (χ2n) is 11.5. The minimum Gasteiger partial charge on any atom is -0.505 e. The summed E-state index contributed by atoms with van der Waals surface area (Å²) in [5.41, 5.74) is -0.147. The van der Waals surface area contributed by atoms with Crippen LogP contribution in [0, 0.1) is 17.8 Å². The SMILES string of the molecule is CCCCCC[C@H]1C(=O)O[C@H](C)[C@H](NC(=O)c2cccc(NC(C)=O)c2O)C(=O)O[C@@H](C)[C@@H]1CC(=O)CCC(C)CC. The first-order chi connectivity index (χ1) is 19.9. The maximum absolute atomic E-state index is 13.6. The number of rotatable bonds is 14. The van der Waals surface area contributed by atoms with Gasteiger partial charge in [-0.3, -0.25) is 19.2 Å². The van der Waals surface area contributed by atoms with Gasteiger partial charge in [0, 0.05) is 25.7 Å². The van der Waals surface area contributed by atoms with Crippen LogP contribution in [0.4, 0.5) is 5.69 Å². The van der Waals surface area contributed by atoms with E-state index >= 15 is 0 Å². The first kappa shape index (κ1) is 34.8. The van der Waals surface area contributed by atoms with Crippen molar-refractivity contribution in [3.05, 3.63) is 23.8 Å². The lowest BCUT2D eigenvalue weighted by atomic mass is 9.80. The number of carbonyl (C=O) groups excluding carboxylic acids is 5. The summed E-state index contributed by atoms with van der Waals surface area (Å²) in [6, 6.07) is 2.87. The maximum atomic E-state index is 13.6. The number of unbranched alkanes of at least 4 members (excludes halogenated alkanes) is 3. The number of anilines is 1. The molecule has 1 aliphatic rings. The maximum Gasteiger partial charge on any atom is 0.332 e. The van der Waals surface area contributed by atoms with E-state index in [9.17, 15) is 29.1 Å². The van der Waals surface area contributed by atoms with E-state index in [1.54, 1.807) is 6.92 Å². The smallest absolute Gasteiger partial charge is 0.332 e. The number of para-hydroxylation sites is 1. The van der Waals surface area contributed by atoms with Crippen LogP contribution >= 0.6 is 0 Å². The van der Waals surface area contributed by atoms with Crippen LogP contribution in [0.5, 0.6) is 5.75 Å². The Bertz CT molecular complexity index is 1100. The topological polar surface area (TPSA) is 148 Å². The number of cyclic esters (lactones) is 2. The highest BCUT2D eigenvalue weighted by atomic mass is 16.6. The molecule has 42 heavy (non-hydrogen) atoms. The van der Waals surface area contributed by atoms with Crippen LogP contribution in [0.15, 0.2) is 18.2 Å². The van der Waals surface area contributed by atoms with E-state index in [1.807, 2.05) is 0 Å². The van der Waals surface area contributed by atoms with Crippen LogP contribution in [-0.4, -0.2) is 52.9 Å². The third kappa shape index (κ3) is 10.1. The Balaban J connectivity index is 2.32. The highest BCUT2D eigenvalue weighted by molar-refractivity contribution is 6.02. The van der Waals surface area contributed by atoms with Gasteiger partial charge in [0.2, 0.25) is 5.91 Å². The van der Waals surface area contributed by atoms with Gasteiger partial charge in [-0.15, -0.1) is 0 Å². The monoisotopic (exact) mass is 588 g/mol. The Morgan fingerprint density at radius 2 is 1.69 bits per heavy atom. The minimum absolute atomic E-state index is 0.0150. The van der Waals surface area contributed by atoms with Gasteiger partial charge in [-0.05, 0) is 44.7 Å². The molecule has 0 radical (unpaired) electrons. The summed E-state index contributed by atoms with van der Waals surface area (Å²) in [6.45, 7) is 10.7. The van der Waals surface area contributed by atoms with E-state index < -0.39 is 59.6 Å². The number of esters is 2. The molecular formula is C32H48N2O8. The van der Waals surface area contributed by atoms with E-state index in [2.05, 4.69) is 31.4 Å². The van der Waals surface area contributed by atoms with Crippen LogP contribution in [-0.2, 0) is 28.7 Å². The molecule has 1 aromatic carbocycles. The molecule has 0 aromatic heterocycles. The molecule has 3 N–H and O–H groups in total. The number of amides is 2. The van der Waals surface area contributed by atoms with Crippen LogP contribution in [0.25, 0.3) is 0 Å². The number of hydrogen-bond acceptors (Lipinski definition) is 8. The zero-order chi connectivity index (χ0) is 31.4. The summed E-state index contributed by atoms with van der Waals surface area (Å²) in [6.07, 6.45) is 4.58. The Morgan fingerprint density at radius 3 is 2.33 bits per heavy atom. The second-order valence-corrected chi connectivity index (χ2v) is 11.5. The Labute approximate surface area is 249 Å². The molecule has 0 aliphatic carbocycles. The van der Waals surface area contributed by atoms with Crippen molar-refractivity contribution >= 4 is 35.2 Å². The predicted octanol–water partition coefficient (Wildman–Crippen LogP) is 5.31. The molecule has 2 amide bonds. The highest BCUT2D eigenvalue weighted by Crippen LogP contribution is 2.32. The highest BCUT2D eigenvalue weighted by Gasteiger charge is 2.42. The van der Waals surface area contributed by atoms with E-state index in [0.29, 0.717) is 18.8 Å². The lowest BCUT2D eigenvalue weighted by Crippen LogP contribution is -2.50. The fourth-order valence-corrected chi connectivity index (χ4v) is 5.20.